The van der Waals surface area contributed by atoms with E-state index in [2.05, 4.69) is 49.3 Å². The van der Waals surface area contributed by atoms with E-state index < -0.39 is 10.3 Å². The first-order valence-electron chi connectivity index (χ1n) is 11.2. The van der Waals surface area contributed by atoms with Gasteiger partial charge in [0.15, 0.2) is 0 Å². The number of allylic oxidation sites excluding steroid dienone is 1. The summed E-state index contributed by atoms with van der Waals surface area (Å²) >= 11 is 0. The number of benzene rings is 3. The molecule has 3 aromatic rings. The highest BCUT2D eigenvalue weighted by Gasteiger charge is 2.24. The first-order chi connectivity index (χ1) is 16.2. The number of para-hydroxylation sites is 1. The summed E-state index contributed by atoms with van der Waals surface area (Å²) in [6.45, 7) is 0.990. The summed E-state index contributed by atoms with van der Waals surface area (Å²) in [5.74, 6) is 1.05. The predicted octanol–water partition coefficient (Wildman–Crippen LogP) is 4.29. The highest BCUT2D eigenvalue weighted by atomic mass is 32.2. The van der Waals surface area contributed by atoms with E-state index in [0.717, 1.165) is 59.4 Å². The first-order valence-corrected chi connectivity index (χ1v) is 12.7. The molecule has 0 saturated carbocycles. The van der Waals surface area contributed by atoms with Crippen molar-refractivity contribution in [1.82, 2.24) is 4.90 Å². The Bertz CT molecular complexity index is 1310. The van der Waals surface area contributed by atoms with Crippen LogP contribution in [0.15, 0.2) is 66.7 Å². The molecule has 6 nitrogen and oxygen atoms in total. The van der Waals surface area contributed by atoms with Crippen molar-refractivity contribution in [3.8, 4) is 11.5 Å². The Morgan fingerprint density at radius 3 is 2.35 bits per heavy atom. The van der Waals surface area contributed by atoms with Crippen molar-refractivity contribution in [1.29, 1.82) is 0 Å². The molecular weight excluding hydrogens is 448 g/mol. The van der Waals surface area contributed by atoms with Gasteiger partial charge in [-0.15, -0.1) is 0 Å². The van der Waals surface area contributed by atoms with Crippen LogP contribution in [0.1, 0.15) is 34.2 Å². The lowest BCUT2D eigenvalue weighted by Crippen LogP contribution is -2.19. The molecule has 34 heavy (non-hydrogen) atoms. The summed E-state index contributed by atoms with van der Waals surface area (Å²) in [6, 6.07) is 22.1. The average Bonchev–Trinajstić information content (AvgIpc) is 2.81. The molecule has 0 aliphatic heterocycles. The molecule has 7 heteroatoms. The van der Waals surface area contributed by atoms with Crippen LogP contribution < -0.4 is 14.1 Å². The summed E-state index contributed by atoms with van der Waals surface area (Å²) in [5.41, 5.74) is 7.84. The van der Waals surface area contributed by atoms with E-state index >= 15 is 0 Å². The van der Waals surface area contributed by atoms with Crippen molar-refractivity contribution in [2.24, 2.45) is 5.14 Å². The molecule has 3 aromatic carbocycles. The highest BCUT2D eigenvalue weighted by Crippen LogP contribution is 2.44. The Morgan fingerprint density at radius 1 is 0.941 bits per heavy atom. The summed E-state index contributed by atoms with van der Waals surface area (Å²) in [4.78, 5) is 2.18. The first kappa shape index (κ1) is 24.0. The van der Waals surface area contributed by atoms with Gasteiger partial charge in [0.05, 0.1) is 7.11 Å². The van der Waals surface area contributed by atoms with E-state index in [4.69, 9.17) is 14.1 Å². The van der Waals surface area contributed by atoms with Gasteiger partial charge in [-0.3, -0.25) is 0 Å². The molecule has 4 rings (SSSR count). The number of ether oxygens (including phenoxy) is 1. The van der Waals surface area contributed by atoms with E-state index in [-0.39, 0.29) is 5.75 Å². The van der Waals surface area contributed by atoms with Crippen molar-refractivity contribution < 1.29 is 17.3 Å². The maximum atomic E-state index is 11.4. The van der Waals surface area contributed by atoms with Crippen LogP contribution in [0, 0.1) is 0 Å². The van der Waals surface area contributed by atoms with Crippen molar-refractivity contribution in [3.05, 3.63) is 94.5 Å². The van der Waals surface area contributed by atoms with Gasteiger partial charge in [-0.25, -0.2) is 0 Å². The molecule has 2 N–H and O–H groups in total. The van der Waals surface area contributed by atoms with E-state index in [1.807, 2.05) is 24.3 Å². The standard InChI is InChI=1S/C27H30N2O4S/c1-29(2)17-16-19-8-10-20(11-9-19)27-23-15-13-22(33-34(28,30)31)18-21(23)12-14-25(27)24-6-4-5-7-26(24)32-3/h4-11,13,15,18H,12,14,16-17H2,1-3H3,(H2,28,30,31). The minimum absolute atomic E-state index is 0.223. The van der Waals surface area contributed by atoms with Crippen LogP contribution in [-0.2, 0) is 23.1 Å². The third kappa shape index (κ3) is 5.50. The third-order valence-corrected chi connectivity index (χ3v) is 6.45. The fourth-order valence-corrected chi connectivity index (χ4v) is 4.81. The van der Waals surface area contributed by atoms with Gasteiger partial charge in [-0.1, -0.05) is 48.5 Å². The molecule has 178 valence electrons. The van der Waals surface area contributed by atoms with Crippen LogP contribution in [0.3, 0.4) is 0 Å². The number of aryl methyl sites for hydroxylation is 1. The zero-order chi connectivity index (χ0) is 24.3. The zero-order valence-electron chi connectivity index (χ0n) is 19.7. The fourth-order valence-electron chi connectivity index (χ4n) is 4.44. The predicted molar refractivity (Wildman–Crippen MR) is 136 cm³/mol. The van der Waals surface area contributed by atoms with Crippen LogP contribution in [-0.4, -0.2) is 41.1 Å². The molecule has 0 unspecified atom stereocenters. The number of hydrogen-bond acceptors (Lipinski definition) is 5. The summed E-state index contributed by atoms with van der Waals surface area (Å²) < 4.78 is 33.4. The van der Waals surface area contributed by atoms with E-state index in [1.165, 1.54) is 11.1 Å². The molecule has 0 bridgehead atoms. The monoisotopic (exact) mass is 478 g/mol. The molecular formula is C27H30N2O4S. The molecule has 0 aromatic heterocycles. The van der Waals surface area contributed by atoms with Crippen LogP contribution in [0.4, 0.5) is 0 Å². The van der Waals surface area contributed by atoms with E-state index in [9.17, 15) is 8.42 Å². The van der Waals surface area contributed by atoms with Gasteiger partial charge >= 0.3 is 10.3 Å². The number of methoxy groups -OCH3 is 1. The minimum atomic E-state index is -4.08. The zero-order valence-corrected chi connectivity index (χ0v) is 20.6. The Morgan fingerprint density at radius 2 is 1.68 bits per heavy atom. The second kappa shape index (κ2) is 10.0. The smallest absolute Gasteiger partial charge is 0.380 e. The lowest BCUT2D eigenvalue weighted by molar-refractivity contribution is 0.413. The largest absolute Gasteiger partial charge is 0.496 e. The maximum absolute atomic E-state index is 11.4. The second-order valence-electron chi connectivity index (χ2n) is 8.70. The summed E-state index contributed by atoms with van der Waals surface area (Å²) in [6.07, 6.45) is 2.51. The Kier molecular flexibility index (Phi) is 7.07. The highest BCUT2D eigenvalue weighted by molar-refractivity contribution is 7.84. The molecule has 0 atom stereocenters. The van der Waals surface area contributed by atoms with Crippen LogP contribution in [0.5, 0.6) is 11.5 Å². The molecule has 0 heterocycles. The van der Waals surface area contributed by atoms with Crippen LogP contribution >= 0.6 is 0 Å². The van der Waals surface area contributed by atoms with Gasteiger partial charge in [0.25, 0.3) is 0 Å². The molecule has 1 aliphatic rings. The second-order valence-corrected chi connectivity index (χ2v) is 9.85. The molecule has 1 aliphatic carbocycles. The number of hydrogen-bond donors (Lipinski definition) is 1. The number of nitrogens with two attached hydrogens (primary N) is 1. The van der Waals surface area contributed by atoms with Crippen molar-refractivity contribution in [3.63, 3.8) is 0 Å². The number of nitrogens with zero attached hydrogens (tertiary/aromatic N) is 1. The third-order valence-electron chi connectivity index (χ3n) is 6.03. The number of rotatable bonds is 8. The Hall–Kier alpha value is -3.13. The average molecular weight is 479 g/mol. The van der Waals surface area contributed by atoms with Crippen molar-refractivity contribution in [2.45, 2.75) is 19.3 Å². The number of fused-ring (bicyclic) bond motifs is 1. The van der Waals surface area contributed by atoms with Gasteiger partial charge in [0.2, 0.25) is 0 Å². The minimum Gasteiger partial charge on any atom is -0.496 e. The molecule has 0 fully saturated rings. The van der Waals surface area contributed by atoms with Gasteiger partial charge in [-0.2, -0.15) is 13.6 Å². The van der Waals surface area contributed by atoms with Gasteiger partial charge in [0, 0.05) is 12.1 Å². The molecule has 0 spiro atoms. The van der Waals surface area contributed by atoms with Crippen molar-refractivity contribution in [2.75, 3.05) is 27.7 Å². The molecule has 0 saturated heterocycles. The quantitative estimate of drug-likeness (QED) is 0.522. The van der Waals surface area contributed by atoms with E-state index in [1.54, 1.807) is 19.2 Å². The maximum Gasteiger partial charge on any atom is 0.380 e. The lowest BCUT2D eigenvalue weighted by atomic mass is 9.79. The lowest BCUT2D eigenvalue weighted by Gasteiger charge is -2.26. The van der Waals surface area contributed by atoms with Gasteiger partial charge in [0.1, 0.15) is 11.5 Å². The Balaban J connectivity index is 1.84. The normalized spacial score (nSPS) is 13.7. The topological polar surface area (TPSA) is 81.9 Å². The van der Waals surface area contributed by atoms with Gasteiger partial charge in [-0.05, 0) is 85.0 Å². The van der Waals surface area contributed by atoms with Crippen LogP contribution in [0.2, 0.25) is 0 Å². The van der Waals surface area contributed by atoms with E-state index in [0.29, 0.717) is 0 Å². The van der Waals surface area contributed by atoms with Crippen LogP contribution in [0.25, 0.3) is 11.1 Å². The SMILES string of the molecule is COc1ccccc1C1=C(c2ccc(CCN(C)C)cc2)c2ccc(OS(N)(=O)=O)cc2CC1. The number of likely N-dealkylation sites (N-methyl/N-ethyl adjacent to an activating group) is 1. The van der Waals surface area contributed by atoms with Gasteiger partial charge < -0.3 is 13.8 Å². The Labute approximate surface area is 201 Å². The van der Waals surface area contributed by atoms with Crippen molar-refractivity contribution >= 4 is 21.5 Å². The molecule has 0 amide bonds. The summed E-state index contributed by atoms with van der Waals surface area (Å²) in [7, 11) is 1.76. The summed E-state index contributed by atoms with van der Waals surface area (Å²) in [5, 5.41) is 5.07. The fraction of sp³-hybridized carbons (Fsp3) is 0.259. The molecule has 0 radical (unpaired) electrons.